The van der Waals surface area contributed by atoms with Crippen LogP contribution in [0.15, 0.2) is 35.3 Å². The molecule has 0 aromatic heterocycles. The highest BCUT2D eigenvalue weighted by Crippen LogP contribution is 2.22. The SMILES string of the molecule is CSC1=NC(=O)CC(=O)N1c1ccccc1. The molecule has 1 aliphatic rings. The smallest absolute Gasteiger partial charge is 0.257 e. The largest absolute Gasteiger partial charge is 0.273 e. The molecule has 0 spiro atoms. The van der Waals surface area contributed by atoms with E-state index in [1.54, 1.807) is 6.26 Å². The second kappa shape index (κ2) is 4.49. The Bertz CT molecular complexity index is 456. The highest BCUT2D eigenvalue weighted by atomic mass is 32.2. The summed E-state index contributed by atoms with van der Waals surface area (Å²) in [5.41, 5.74) is 0.744. The topological polar surface area (TPSA) is 49.7 Å². The number of para-hydroxylation sites is 1. The molecular formula is C11H10N2O2S. The normalized spacial score (nSPS) is 16.3. The summed E-state index contributed by atoms with van der Waals surface area (Å²) >= 11 is 1.29. The molecule has 1 aromatic carbocycles. The van der Waals surface area contributed by atoms with Crippen molar-refractivity contribution in [1.82, 2.24) is 0 Å². The van der Waals surface area contributed by atoms with Crippen LogP contribution in [0.3, 0.4) is 0 Å². The molecule has 0 radical (unpaired) electrons. The van der Waals surface area contributed by atoms with Gasteiger partial charge in [-0.2, -0.15) is 4.99 Å². The Morgan fingerprint density at radius 2 is 1.94 bits per heavy atom. The van der Waals surface area contributed by atoms with E-state index in [-0.39, 0.29) is 18.2 Å². The minimum atomic E-state index is -0.374. The Morgan fingerprint density at radius 3 is 2.56 bits per heavy atom. The Hall–Kier alpha value is -1.62. The predicted molar refractivity (Wildman–Crippen MR) is 64.5 cm³/mol. The van der Waals surface area contributed by atoms with Crippen LogP contribution in [-0.4, -0.2) is 23.2 Å². The fraction of sp³-hybridized carbons (Fsp3) is 0.182. The van der Waals surface area contributed by atoms with E-state index in [2.05, 4.69) is 4.99 Å². The zero-order chi connectivity index (χ0) is 11.5. The number of thioether (sulfide) groups is 1. The van der Waals surface area contributed by atoms with Crippen molar-refractivity contribution in [3.05, 3.63) is 30.3 Å². The summed E-state index contributed by atoms with van der Waals surface area (Å²) in [6.45, 7) is 0. The highest BCUT2D eigenvalue weighted by molar-refractivity contribution is 8.13. The molecule has 16 heavy (non-hydrogen) atoms. The van der Waals surface area contributed by atoms with Crippen LogP contribution >= 0.6 is 11.8 Å². The molecule has 4 nitrogen and oxygen atoms in total. The maximum atomic E-state index is 11.8. The van der Waals surface area contributed by atoms with Crippen molar-refractivity contribution in [2.75, 3.05) is 11.2 Å². The Kier molecular flexibility index (Phi) is 3.05. The lowest BCUT2D eigenvalue weighted by atomic mass is 10.2. The lowest BCUT2D eigenvalue weighted by Crippen LogP contribution is -2.40. The minimum Gasteiger partial charge on any atom is -0.273 e. The fourth-order valence-electron chi connectivity index (χ4n) is 1.48. The number of carbonyl (C=O) groups is 2. The number of hydrogen-bond acceptors (Lipinski definition) is 3. The molecule has 0 bridgehead atoms. The molecule has 0 aliphatic carbocycles. The number of amides is 2. The number of rotatable bonds is 1. The van der Waals surface area contributed by atoms with Crippen LogP contribution in [-0.2, 0) is 9.59 Å². The third-order valence-electron chi connectivity index (χ3n) is 2.16. The van der Waals surface area contributed by atoms with E-state index in [1.165, 1.54) is 16.7 Å². The van der Waals surface area contributed by atoms with Gasteiger partial charge in [0.2, 0.25) is 5.91 Å². The summed E-state index contributed by atoms with van der Waals surface area (Å²) < 4.78 is 0. The van der Waals surface area contributed by atoms with Gasteiger partial charge in [0, 0.05) is 0 Å². The average Bonchev–Trinajstić information content (AvgIpc) is 2.29. The molecule has 2 amide bonds. The van der Waals surface area contributed by atoms with Gasteiger partial charge in [0.05, 0.1) is 5.69 Å². The van der Waals surface area contributed by atoms with Crippen LogP contribution in [0, 0.1) is 0 Å². The number of aliphatic imine (C=N–C) groups is 1. The van der Waals surface area contributed by atoms with Gasteiger partial charge in [-0.05, 0) is 18.4 Å². The molecule has 2 rings (SSSR count). The molecule has 1 heterocycles. The van der Waals surface area contributed by atoms with Gasteiger partial charge >= 0.3 is 0 Å². The maximum absolute atomic E-state index is 11.8. The maximum Gasteiger partial charge on any atom is 0.257 e. The Labute approximate surface area is 97.4 Å². The number of amidine groups is 1. The second-order valence-corrected chi connectivity index (χ2v) is 4.01. The number of carbonyl (C=O) groups excluding carboxylic acids is 2. The van der Waals surface area contributed by atoms with E-state index in [1.807, 2.05) is 30.3 Å². The van der Waals surface area contributed by atoms with E-state index in [0.29, 0.717) is 5.17 Å². The quantitative estimate of drug-likeness (QED) is 0.694. The van der Waals surface area contributed by atoms with E-state index >= 15 is 0 Å². The van der Waals surface area contributed by atoms with Gasteiger partial charge in [0.15, 0.2) is 5.17 Å². The second-order valence-electron chi connectivity index (χ2n) is 3.23. The minimum absolute atomic E-state index is 0.154. The predicted octanol–water partition coefficient (Wildman–Crippen LogP) is 1.67. The molecule has 0 N–H and O–H groups in total. The van der Waals surface area contributed by atoms with Crippen molar-refractivity contribution in [2.24, 2.45) is 4.99 Å². The van der Waals surface area contributed by atoms with Gasteiger partial charge in [-0.1, -0.05) is 30.0 Å². The van der Waals surface area contributed by atoms with Crippen LogP contribution < -0.4 is 4.90 Å². The van der Waals surface area contributed by atoms with Crippen molar-refractivity contribution in [1.29, 1.82) is 0 Å². The number of benzene rings is 1. The van der Waals surface area contributed by atoms with Crippen molar-refractivity contribution in [2.45, 2.75) is 6.42 Å². The summed E-state index contributed by atoms with van der Waals surface area (Å²) in [7, 11) is 0. The number of hydrogen-bond donors (Lipinski definition) is 0. The lowest BCUT2D eigenvalue weighted by molar-refractivity contribution is -0.126. The van der Waals surface area contributed by atoms with Crippen molar-refractivity contribution in [3.63, 3.8) is 0 Å². The Balaban J connectivity index is 2.42. The van der Waals surface area contributed by atoms with Crippen molar-refractivity contribution >= 4 is 34.4 Å². The van der Waals surface area contributed by atoms with Crippen LogP contribution in [0.4, 0.5) is 5.69 Å². The summed E-state index contributed by atoms with van der Waals surface area (Å²) in [5, 5.41) is 0.437. The van der Waals surface area contributed by atoms with Crippen molar-refractivity contribution < 1.29 is 9.59 Å². The first kappa shape index (κ1) is 10.9. The van der Waals surface area contributed by atoms with Gasteiger partial charge in [0.25, 0.3) is 5.91 Å². The standard InChI is InChI=1S/C11H10N2O2S/c1-16-11-12-9(14)7-10(15)13(11)8-5-3-2-4-6-8/h2-6H,7H2,1H3. The number of nitrogens with zero attached hydrogens (tertiary/aromatic N) is 2. The molecule has 0 fully saturated rings. The lowest BCUT2D eigenvalue weighted by Gasteiger charge is -2.25. The molecule has 82 valence electrons. The molecular weight excluding hydrogens is 224 g/mol. The van der Waals surface area contributed by atoms with E-state index in [9.17, 15) is 9.59 Å². The summed E-state index contributed by atoms with van der Waals surface area (Å²) in [6, 6.07) is 9.20. The third-order valence-corrected chi connectivity index (χ3v) is 2.80. The van der Waals surface area contributed by atoms with Crippen molar-refractivity contribution in [3.8, 4) is 0 Å². The van der Waals surface area contributed by atoms with E-state index in [4.69, 9.17) is 0 Å². The molecule has 0 unspecified atom stereocenters. The zero-order valence-corrected chi connectivity index (χ0v) is 9.53. The monoisotopic (exact) mass is 234 g/mol. The third kappa shape index (κ3) is 1.99. The van der Waals surface area contributed by atoms with Crippen LogP contribution in [0.1, 0.15) is 6.42 Å². The molecule has 5 heteroatoms. The first-order chi connectivity index (χ1) is 7.72. The molecule has 0 saturated heterocycles. The average molecular weight is 234 g/mol. The van der Waals surface area contributed by atoms with Gasteiger partial charge in [-0.15, -0.1) is 0 Å². The van der Waals surface area contributed by atoms with E-state index in [0.717, 1.165) is 5.69 Å². The fourth-order valence-corrected chi connectivity index (χ4v) is 2.06. The highest BCUT2D eigenvalue weighted by Gasteiger charge is 2.28. The molecule has 1 aromatic rings. The van der Waals surface area contributed by atoms with Crippen LogP contribution in [0.5, 0.6) is 0 Å². The summed E-state index contributed by atoms with van der Waals surface area (Å²) in [4.78, 5) is 28.3. The molecule has 0 saturated carbocycles. The van der Waals surface area contributed by atoms with Gasteiger partial charge < -0.3 is 0 Å². The Morgan fingerprint density at radius 1 is 1.25 bits per heavy atom. The first-order valence-corrected chi connectivity index (χ1v) is 5.98. The first-order valence-electron chi connectivity index (χ1n) is 4.76. The molecule has 1 aliphatic heterocycles. The summed E-state index contributed by atoms with van der Waals surface area (Å²) in [5.74, 6) is -0.600. The van der Waals surface area contributed by atoms with Crippen LogP contribution in [0.25, 0.3) is 0 Å². The van der Waals surface area contributed by atoms with Gasteiger partial charge in [-0.25, -0.2) is 0 Å². The number of anilines is 1. The van der Waals surface area contributed by atoms with Gasteiger partial charge in [0.1, 0.15) is 6.42 Å². The van der Waals surface area contributed by atoms with E-state index < -0.39 is 0 Å². The van der Waals surface area contributed by atoms with Gasteiger partial charge in [-0.3, -0.25) is 14.5 Å². The zero-order valence-electron chi connectivity index (χ0n) is 8.71. The van der Waals surface area contributed by atoms with Crippen LogP contribution in [0.2, 0.25) is 0 Å². The molecule has 0 atom stereocenters. The summed E-state index contributed by atoms with van der Waals surface area (Å²) in [6.07, 6.45) is 1.64.